The van der Waals surface area contributed by atoms with Crippen molar-refractivity contribution >= 4 is 11.9 Å². The summed E-state index contributed by atoms with van der Waals surface area (Å²) in [5, 5.41) is 6.51. The predicted molar refractivity (Wildman–Crippen MR) is 81.8 cm³/mol. The number of methoxy groups -OCH3 is 2. The fraction of sp³-hybridized carbons (Fsp3) is 0.786. The monoisotopic (exact) mass is 295 g/mol. The van der Waals surface area contributed by atoms with Crippen LogP contribution in [0.4, 0.5) is 11.9 Å². The Balaban J connectivity index is 2.09. The number of nitrogens with zero attached hydrogens (tertiary/aromatic N) is 3. The van der Waals surface area contributed by atoms with E-state index in [4.69, 9.17) is 9.47 Å². The van der Waals surface area contributed by atoms with Crippen LogP contribution in [0.2, 0.25) is 0 Å². The van der Waals surface area contributed by atoms with Crippen molar-refractivity contribution in [1.29, 1.82) is 0 Å². The van der Waals surface area contributed by atoms with E-state index < -0.39 is 0 Å². The van der Waals surface area contributed by atoms with Gasteiger partial charge in [0.25, 0.3) is 0 Å². The summed E-state index contributed by atoms with van der Waals surface area (Å²) >= 11 is 0. The van der Waals surface area contributed by atoms with Crippen LogP contribution in [0.5, 0.6) is 6.01 Å². The van der Waals surface area contributed by atoms with Crippen molar-refractivity contribution in [3.63, 3.8) is 0 Å². The number of nitrogens with one attached hydrogen (secondary N) is 2. The largest absolute Gasteiger partial charge is 0.467 e. The zero-order valence-corrected chi connectivity index (χ0v) is 13.4. The Morgan fingerprint density at radius 1 is 1.19 bits per heavy atom. The number of anilines is 2. The molecule has 2 rings (SSSR count). The summed E-state index contributed by atoms with van der Waals surface area (Å²) in [5.41, 5.74) is 0.0472. The second-order valence-corrected chi connectivity index (χ2v) is 5.87. The Morgan fingerprint density at radius 2 is 1.90 bits per heavy atom. The van der Waals surface area contributed by atoms with Gasteiger partial charge in [-0.2, -0.15) is 15.0 Å². The zero-order chi connectivity index (χ0) is 15.5. The predicted octanol–water partition coefficient (Wildman–Crippen LogP) is 1.93. The molecule has 118 valence electrons. The third-order valence-corrected chi connectivity index (χ3v) is 4.10. The van der Waals surface area contributed by atoms with Crippen LogP contribution < -0.4 is 15.4 Å². The van der Waals surface area contributed by atoms with Crippen LogP contribution in [0.15, 0.2) is 0 Å². The van der Waals surface area contributed by atoms with Crippen LogP contribution in [-0.4, -0.2) is 47.9 Å². The van der Waals surface area contributed by atoms with E-state index in [1.165, 1.54) is 0 Å². The molecule has 0 bridgehead atoms. The van der Waals surface area contributed by atoms with Gasteiger partial charge in [-0.3, -0.25) is 0 Å². The molecule has 0 radical (unpaired) electrons. The highest BCUT2D eigenvalue weighted by molar-refractivity contribution is 5.38. The highest BCUT2D eigenvalue weighted by Gasteiger charge is 2.48. The molecule has 0 spiro atoms. The number of ether oxygens (including phenoxy) is 2. The average Bonchev–Trinajstić information content (AvgIpc) is 2.48. The molecule has 1 fully saturated rings. The molecule has 1 aromatic rings. The summed E-state index contributed by atoms with van der Waals surface area (Å²) in [7, 11) is 3.30. The lowest BCUT2D eigenvalue weighted by Crippen LogP contribution is -2.57. The number of aromatic nitrogens is 3. The first-order chi connectivity index (χ1) is 10.0. The fourth-order valence-corrected chi connectivity index (χ4v) is 2.51. The van der Waals surface area contributed by atoms with Gasteiger partial charge in [0.1, 0.15) is 0 Å². The Bertz CT molecular complexity index is 480. The lowest BCUT2D eigenvalue weighted by atomic mass is 9.64. The molecule has 1 aliphatic rings. The van der Waals surface area contributed by atoms with Crippen LogP contribution >= 0.6 is 0 Å². The molecule has 1 saturated carbocycles. The maximum absolute atomic E-state index is 5.46. The standard InChI is InChI=1S/C14H25N5O2/c1-6-7-15-11-17-12(19-13(18-11)21-5)16-9-8-10(20-4)14(9,2)3/h9-10H,6-8H2,1-5H3,(H2,15,16,17,18,19). The van der Waals surface area contributed by atoms with Crippen molar-refractivity contribution in [2.45, 2.75) is 45.8 Å². The summed E-state index contributed by atoms with van der Waals surface area (Å²) in [6.07, 6.45) is 2.20. The van der Waals surface area contributed by atoms with Crippen LogP contribution in [0.25, 0.3) is 0 Å². The van der Waals surface area contributed by atoms with Crippen molar-refractivity contribution in [3.8, 4) is 6.01 Å². The quantitative estimate of drug-likeness (QED) is 0.795. The number of hydrogen-bond donors (Lipinski definition) is 2. The van der Waals surface area contributed by atoms with Gasteiger partial charge in [0.05, 0.1) is 13.2 Å². The number of hydrogen-bond acceptors (Lipinski definition) is 7. The molecule has 1 aromatic heterocycles. The van der Waals surface area contributed by atoms with E-state index in [9.17, 15) is 0 Å². The van der Waals surface area contributed by atoms with E-state index in [0.717, 1.165) is 19.4 Å². The highest BCUT2D eigenvalue weighted by atomic mass is 16.5. The van der Waals surface area contributed by atoms with E-state index >= 15 is 0 Å². The molecule has 0 aliphatic heterocycles. The highest BCUT2D eigenvalue weighted by Crippen LogP contribution is 2.43. The normalized spacial score (nSPS) is 23.3. The second-order valence-electron chi connectivity index (χ2n) is 5.87. The van der Waals surface area contributed by atoms with Crippen LogP contribution in [0, 0.1) is 5.41 Å². The van der Waals surface area contributed by atoms with E-state index in [1.807, 2.05) is 0 Å². The number of rotatable bonds is 7. The summed E-state index contributed by atoms with van der Waals surface area (Å²) in [4.78, 5) is 12.8. The first-order valence-corrected chi connectivity index (χ1v) is 7.34. The average molecular weight is 295 g/mol. The van der Waals surface area contributed by atoms with Gasteiger partial charge in [-0.15, -0.1) is 0 Å². The minimum absolute atomic E-state index is 0.0472. The topological polar surface area (TPSA) is 81.2 Å². The molecule has 0 amide bonds. The molecule has 1 aliphatic carbocycles. The van der Waals surface area contributed by atoms with Crippen molar-refractivity contribution in [2.75, 3.05) is 31.4 Å². The van der Waals surface area contributed by atoms with Gasteiger partial charge in [0.2, 0.25) is 11.9 Å². The van der Waals surface area contributed by atoms with Gasteiger partial charge >= 0.3 is 6.01 Å². The third-order valence-electron chi connectivity index (χ3n) is 4.10. The second kappa shape index (κ2) is 6.43. The Morgan fingerprint density at radius 3 is 2.48 bits per heavy atom. The van der Waals surface area contributed by atoms with E-state index in [1.54, 1.807) is 14.2 Å². The SMILES string of the molecule is CCCNc1nc(NC2CC(OC)C2(C)C)nc(OC)n1. The van der Waals surface area contributed by atoms with Crippen LogP contribution in [-0.2, 0) is 4.74 Å². The summed E-state index contributed by atoms with van der Waals surface area (Å²) in [5.74, 6) is 1.07. The van der Waals surface area contributed by atoms with Gasteiger partial charge in [0.15, 0.2) is 0 Å². The van der Waals surface area contributed by atoms with E-state index in [0.29, 0.717) is 17.9 Å². The molecule has 1 heterocycles. The first-order valence-electron chi connectivity index (χ1n) is 7.34. The lowest BCUT2D eigenvalue weighted by molar-refractivity contribution is -0.0796. The minimum Gasteiger partial charge on any atom is -0.467 e. The summed E-state index contributed by atoms with van der Waals surface area (Å²) < 4.78 is 10.6. The molecule has 21 heavy (non-hydrogen) atoms. The maximum Gasteiger partial charge on any atom is 0.322 e. The fourth-order valence-electron chi connectivity index (χ4n) is 2.51. The van der Waals surface area contributed by atoms with Gasteiger partial charge in [-0.1, -0.05) is 20.8 Å². The van der Waals surface area contributed by atoms with Crippen molar-refractivity contribution in [2.24, 2.45) is 5.41 Å². The van der Waals surface area contributed by atoms with Crippen molar-refractivity contribution in [3.05, 3.63) is 0 Å². The molecule has 7 nitrogen and oxygen atoms in total. The smallest absolute Gasteiger partial charge is 0.322 e. The first kappa shape index (κ1) is 15.8. The molecular weight excluding hydrogens is 270 g/mol. The molecule has 7 heteroatoms. The lowest BCUT2D eigenvalue weighted by Gasteiger charge is -2.51. The minimum atomic E-state index is 0.0472. The molecule has 2 unspecified atom stereocenters. The van der Waals surface area contributed by atoms with Gasteiger partial charge in [0, 0.05) is 25.1 Å². The molecule has 2 N–H and O–H groups in total. The zero-order valence-electron chi connectivity index (χ0n) is 13.4. The van der Waals surface area contributed by atoms with Crippen molar-refractivity contribution < 1.29 is 9.47 Å². The Hall–Kier alpha value is -1.63. The molecule has 0 aromatic carbocycles. The summed E-state index contributed by atoms with van der Waals surface area (Å²) in [6, 6.07) is 0.583. The molecular formula is C14H25N5O2. The van der Waals surface area contributed by atoms with Crippen LogP contribution in [0.3, 0.4) is 0 Å². The van der Waals surface area contributed by atoms with E-state index in [2.05, 4.69) is 46.4 Å². The van der Waals surface area contributed by atoms with Crippen molar-refractivity contribution in [1.82, 2.24) is 15.0 Å². The van der Waals surface area contributed by atoms with Gasteiger partial charge < -0.3 is 20.1 Å². The van der Waals surface area contributed by atoms with E-state index in [-0.39, 0.29) is 17.6 Å². The van der Waals surface area contributed by atoms with Crippen LogP contribution in [0.1, 0.15) is 33.6 Å². The third kappa shape index (κ3) is 3.34. The Kier molecular flexibility index (Phi) is 4.82. The Labute approximate surface area is 125 Å². The molecule has 2 atom stereocenters. The summed E-state index contributed by atoms with van der Waals surface area (Å²) in [6.45, 7) is 7.26. The van der Waals surface area contributed by atoms with Gasteiger partial charge in [-0.25, -0.2) is 0 Å². The molecule has 0 saturated heterocycles. The van der Waals surface area contributed by atoms with Gasteiger partial charge in [-0.05, 0) is 12.8 Å². The maximum atomic E-state index is 5.46.